The molecule has 0 unspecified atom stereocenters. The molecule has 2 N–H and O–H groups in total. The maximum Gasteiger partial charge on any atom is 0.315 e. The van der Waals surface area contributed by atoms with Gasteiger partial charge in [0.1, 0.15) is 5.82 Å². The summed E-state index contributed by atoms with van der Waals surface area (Å²) in [5.74, 6) is -0.190. The lowest BCUT2D eigenvalue weighted by molar-refractivity contribution is 0.0650. The Morgan fingerprint density at radius 3 is 2.43 bits per heavy atom. The molecular formula is C16H22FN3O. The zero-order valence-corrected chi connectivity index (χ0v) is 12.6. The van der Waals surface area contributed by atoms with Gasteiger partial charge in [0.25, 0.3) is 0 Å². The number of rotatable bonds is 2. The monoisotopic (exact) mass is 291 g/mol. The Bertz CT molecular complexity index is 550. The van der Waals surface area contributed by atoms with Crippen molar-refractivity contribution in [1.82, 2.24) is 15.5 Å². The average Bonchev–Trinajstić information content (AvgIpc) is 2.81. The molecule has 0 bridgehead atoms. The van der Waals surface area contributed by atoms with Crippen LogP contribution in [0.15, 0.2) is 24.3 Å². The second kappa shape index (κ2) is 4.98. The van der Waals surface area contributed by atoms with Gasteiger partial charge in [0, 0.05) is 12.1 Å². The van der Waals surface area contributed by atoms with E-state index < -0.39 is 0 Å². The molecule has 0 aromatic heterocycles. The number of urea groups is 1. The molecule has 0 atom stereocenters. The number of nitrogens with zero attached hydrogens (tertiary/aromatic N) is 1. The van der Waals surface area contributed by atoms with Gasteiger partial charge in [0.2, 0.25) is 0 Å². The van der Waals surface area contributed by atoms with E-state index in [1.165, 1.54) is 6.07 Å². The van der Waals surface area contributed by atoms with Gasteiger partial charge in [-0.3, -0.25) is 4.90 Å². The van der Waals surface area contributed by atoms with Crippen LogP contribution < -0.4 is 10.6 Å². The maximum atomic E-state index is 13.6. The molecule has 1 spiro atoms. The third-order valence-corrected chi connectivity index (χ3v) is 5.22. The SMILES string of the molecule is CN(C)[C@]1(c2cccc(F)c2)CC[C@]2(CC1)CNC(=O)N2. The highest BCUT2D eigenvalue weighted by Gasteiger charge is 2.47. The Labute approximate surface area is 124 Å². The predicted octanol–water partition coefficient (Wildman–Crippen LogP) is 2.21. The van der Waals surface area contributed by atoms with Crippen molar-refractivity contribution in [3.63, 3.8) is 0 Å². The number of halogens is 1. The van der Waals surface area contributed by atoms with E-state index >= 15 is 0 Å². The predicted molar refractivity (Wildman–Crippen MR) is 79.5 cm³/mol. The summed E-state index contributed by atoms with van der Waals surface area (Å²) in [6.45, 7) is 0.693. The number of carbonyl (C=O) groups excluding carboxylic acids is 1. The van der Waals surface area contributed by atoms with Crippen LogP contribution in [0.25, 0.3) is 0 Å². The summed E-state index contributed by atoms with van der Waals surface area (Å²) in [7, 11) is 4.10. The fourth-order valence-electron chi connectivity index (χ4n) is 3.79. The molecule has 1 saturated carbocycles. The molecule has 2 fully saturated rings. The average molecular weight is 291 g/mol. The first-order valence-electron chi connectivity index (χ1n) is 7.45. The second-order valence-electron chi connectivity index (χ2n) is 6.52. The van der Waals surface area contributed by atoms with Gasteiger partial charge in [0.05, 0.1) is 5.54 Å². The summed E-state index contributed by atoms with van der Waals surface area (Å²) in [5.41, 5.74) is 0.754. The smallest absolute Gasteiger partial charge is 0.315 e. The third-order valence-electron chi connectivity index (χ3n) is 5.22. The topological polar surface area (TPSA) is 44.4 Å². The second-order valence-corrected chi connectivity index (χ2v) is 6.52. The zero-order valence-electron chi connectivity index (χ0n) is 12.6. The molecule has 1 heterocycles. The third kappa shape index (κ3) is 2.39. The van der Waals surface area contributed by atoms with E-state index in [2.05, 4.69) is 15.5 Å². The molecule has 2 amide bonds. The molecule has 1 aliphatic heterocycles. The van der Waals surface area contributed by atoms with Crippen molar-refractivity contribution < 1.29 is 9.18 Å². The fraction of sp³-hybridized carbons (Fsp3) is 0.562. The zero-order chi connectivity index (χ0) is 15.1. The number of carbonyl (C=O) groups is 1. The molecule has 21 heavy (non-hydrogen) atoms. The van der Waals surface area contributed by atoms with Gasteiger partial charge in [-0.05, 0) is 57.5 Å². The summed E-state index contributed by atoms with van der Waals surface area (Å²) in [6, 6.07) is 6.84. The van der Waals surface area contributed by atoms with E-state index in [0.717, 1.165) is 31.2 Å². The molecular weight excluding hydrogens is 269 g/mol. The largest absolute Gasteiger partial charge is 0.336 e. The molecule has 2 aliphatic rings. The minimum Gasteiger partial charge on any atom is -0.336 e. The van der Waals surface area contributed by atoms with Crippen molar-refractivity contribution in [3.8, 4) is 0 Å². The molecule has 114 valence electrons. The van der Waals surface area contributed by atoms with Crippen LogP contribution in [-0.2, 0) is 5.54 Å². The van der Waals surface area contributed by atoms with Gasteiger partial charge in [-0.25, -0.2) is 9.18 Å². The summed E-state index contributed by atoms with van der Waals surface area (Å²) < 4.78 is 13.6. The molecule has 1 aliphatic carbocycles. The molecule has 3 rings (SSSR count). The van der Waals surface area contributed by atoms with Crippen LogP contribution in [0, 0.1) is 5.82 Å². The first-order chi connectivity index (χ1) is 9.96. The van der Waals surface area contributed by atoms with Crippen molar-refractivity contribution >= 4 is 6.03 Å². The van der Waals surface area contributed by atoms with Crippen LogP contribution in [0.1, 0.15) is 31.2 Å². The highest BCUT2D eigenvalue weighted by Crippen LogP contribution is 2.45. The minimum atomic E-state index is -0.190. The normalized spacial score (nSPS) is 32.3. The van der Waals surface area contributed by atoms with Gasteiger partial charge in [-0.15, -0.1) is 0 Å². The van der Waals surface area contributed by atoms with Crippen LogP contribution in [-0.4, -0.2) is 37.1 Å². The van der Waals surface area contributed by atoms with Crippen molar-refractivity contribution in [1.29, 1.82) is 0 Å². The molecule has 1 saturated heterocycles. The quantitative estimate of drug-likeness (QED) is 0.877. The molecule has 5 heteroatoms. The lowest BCUT2D eigenvalue weighted by Gasteiger charge is -2.48. The molecule has 0 radical (unpaired) electrons. The number of benzene rings is 1. The Kier molecular flexibility index (Phi) is 3.40. The van der Waals surface area contributed by atoms with Crippen LogP contribution in [0.3, 0.4) is 0 Å². The van der Waals surface area contributed by atoms with Gasteiger partial charge < -0.3 is 10.6 Å². The van der Waals surface area contributed by atoms with Crippen LogP contribution >= 0.6 is 0 Å². The van der Waals surface area contributed by atoms with Crippen molar-refractivity contribution in [2.24, 2.45) is 0 Å². The van der Waals surface area contributed by atoms with Crippen LogP contribution in [0.4, 0.5) is 9.18 Å². The van der Waals surface area contributed by atoms with E-state index in [1.807, 2.05) is 20.2 Å². The van der Waals surface area contributed by atoms with E-state index in [0.29, 0.717) is 6.54 Å². The number of hydrogen-bond donors (Lipinski definition) is 2. The van der Waals surface area contributed by atoms with Gasteiger partial charge in [-0.1, -0.05) is 12.1 Å². The fourth-order valence-corrected chi connectivity index (χ4v) is 3.79. The summed E-state index contributed by atoms with van der Waals surface area (Å²) in [4.78, 5) is 13.6. The summed E-state index contributed by atoms with van der Waals surface area (Å²) >= 11 is 0. The lowest BCUT2D eigenvalue weighted by Crippen LogP contribution is -2.54. The van der Waals surface area contributed by atoms with Crippen LogP contribution in [0.2, 0.25) is 0 Å². The number of amides is 2. The first-order valence-corrected chi connectivity index (χ1v) is 7.45. The van der Waals surface area contributed by atoms with Crippen LogP contribution in [0.5, 0.6) is 0 Å². The van der Waals surface area contributed by atoms with Crippen molar-refractivity contribution in [2.45, 2.75) is 36.8 Å². The van der Waals surface area contributed by atoms with E-state index in [1.54, 1.807) is 12.1 Å². The molecule has 1 aromatic carbocycles. The van der Waals surface area contributed by atoms with E-state index in [9.17, 15) is 9.18 Å². The van der Waals surface area contributed by atoms with Gasteiger partial charge >= 0.3 is 6.03 Å². The Balaban J connectivity index is 1.86. The van der Waals surface area contributed by atoms with Crippen molar-refractivity contribution in [3.05, 3.63) is 35.6 Å². The Morgan fingerprint density at radius 2 is 1.90 bits per heavy atom. The Morgan fingerprint density at radius 1 is 1.19 bits per heavy atom. The Hall–Kier alpha value is -1.62. The highest BCUT2D eigenvalue weighted by molar-refractivity contribution is 5.77. The molecule has 1 aromatic rings. The standard InChI is InChI=1S/C16H22FN3O/c1-20(2)16(12-4-3-5-13(17)10-12)8-6-15(7-9-16)11-18-14(21)19-15/h3-5,10H,6-9,11H2,1-2H3,(H2,18,19,21)/t15-,16+. The maximum absolute atomic E-state index is 13.6. The van der Waals surface area contributed by atoms with Gasteiger partial charge in [-0.2, -0.15) is 0 Å². The van der Waals surface area contributed by atoms with E-state index in [-0.39, 0.29) is 22.9 Å². The number of nitrogens with one attached hydrogen (secondary N) is 2. The van der Waals surface area contributed by atoms with Crippen molar-refractivity contribution in [2.75, 3.05) is 20.6 Å². The highest BCUT2D eigenvalue weighted by atomic mass is 19.1. The number of hydrogen-bond acceptors (Lipinski definition) is 2. The first kappa shape index (κ1) is 14.3. The lowest BCUT2D eigenvalue weighted by atomic mass is 9.69. The summed E-state index contributed by atoms with van der Waals surface area (Å²) in [5, 5.41) is 5.93. The van der Waals surface area contributed by atoms with E-state index in [4.69, 9.17) is 0 Å². The van der Waals surface area contributed by atoms with Gasteiger partial charge in [0.15, 0.2) is 0 Å². The summed E-state index contributed by atoms with van der Waals surface area (Å²) in [6.07, 6.45) is 3.62. The minimum absolute atomic E-state index is 0.0712. The molecule has 4 nitrogen and oxygen atoms in total.